The minimum Gasteiger partial charge on any atom is -0.326 e. The van der Waals surface area contributed by atoms with Gasteiger partial charge < -0.3 is 5.73 Å². The van der Waals surface area contributed by atoms with E-state index in [1.807, 2.05) is 18.2 Å². The first-order valence-corrected chi connectivity index (χ1v) is 6.85. The van der Waals surface area contributed by atoms with E-state index in [0.29, 0.717) is 17.9 Å². The van der Waals surface area contributed by atoms with E-state index < -0.39 is 0 Å². The number of halogens is 1. The van der Waals surface area contributed by atoms with Gasteiger partial charge in [-0.1, -0.05) is 30.3 Å². The fourth-order valence-corrected chi connectivity index (χ4v) is 2.74. The number of hydrogen-bond acceptors (Lipinski definition) is 2. The maximum absolute atomic E-state index is 13.7. The molecule has 0 amide bonds. The average molecular weight is 261 g/mol. The fraction of sp³-hybridized carbons (Fsp3) is 0.200. The molecule has 2 aromatic carbocycles. The van der Waals surface area contributed by atoms with Crippen LogP contribution >= 0.6 is 11.8 Å². The van der Waals surface area contributed by atoms with Crippen LogP contribution in [-0.2, 0) is 12.3 Å². The van der Waals surface area contributed by atoms with Crippen LogP contribution in [0.2, 0.25) is 0 Å². The molecule has 0 spiro atoms. The fourth-order valence-electron chi connectivity index (χ4n) is 1.74. The molecule has 0 aliphatic heterocycles. The van der Waals surface area contributed by atoms with Crippen LogP contribution in [0, 0.1) is 12.7 Å². The smallest absolute Gasteiger partial charge is 0.127 e. The van der Waals surface area contributed by atoms with Crippen LogP contribution < -0.4 is 5.73 Å². The van der Waals surface area contributed by atoms with Crippen LogP contribution in [0.5, 0.6) is 0 Å². The molecule has 2 N–H and O–H groups in total. The van der Waals surface area contributed by atoms with Crippen LogP contribution in [-0.4, -0.2) is 0 Å². The van der Waals surface area contributed by atoms with Gasteiger partial charge in [0.25, 0.3) is 0 Å². The molecule has 0 saturated heterocycles. The summed E-state index contributed by atoms with van der Waals surface area (Å²) in [5.74, 6) is 0.470. The van der Waals surface area contributed by atoms with Gasteiger partial charge in [0.2, 0.25) is 0 Å². The van der Waals surface area contributed by atoms with Gasteiger partial charge in [-0.3, -0.25) is 0 Å². The van der Waals surface area contributed by atoms with Gasteiger partial charge in [-0.2, -0.15) is 0 Å². The third-order valence-corrected chi connectivity index (χ3v) is 4.05. The van der Waals surface area contributed by atoms with E-state index in [4.69, 9.17) is 5.73 Å². The molecular formula is C15H16FNS. The van der Waals surface area contributed by atoms with Crippen molar-refractivity contribution in [1.82, 2.24) is 0 Å². The summed E-state index contributed by atoms with van der Waals surface area (Å²) in [6.45, 7) is 2.51. The summed E-state index contributed by atoms with van der Waals surface area (Å²) < 4.78 is 13.7. The number of thioether (sulfide) groups is 1. The van der Waals surface area contributed by atoms with Crippen molar-refractivity contribution in [1.29, 1.82) is 0 Å². The van der Waals surface area contributed by atoms with Crippen molar-refractivity contribution in [3.8, 4) is 0 Å². The topological polar surface area (TPSA) is 26.0 Å². The van der Waals surface area contributed by atoms with E-state index in [2.05, 4.69) is 19.1 Å². The predicted octanol–water partition coefficient (Wildman–Crippen LogP) is 3.89. The van der Waals surface area contributed by atoms with Crippen molar-refractivity contribution in [2.75, 3.05) is 0 Å². The molecule has 0 heterocycles. The minimum absolute atomic E-state index is 0.159. The summed E-state index contributed by atoms with van der Waals surface area (Å²) in [6.07, 6.45) is 0. The highest BCUT2D eigenvalue weighted by Gasteiger charge is 2.05. The second-order valence-electron chi connectivity index (χ2n) is 4.18. The van der Waals surface area contributed by atoms with Gasteiger partial charge >= 0.3 is 0 Å². The van der Waals surface area contributed by atoms with Gasteiger partial charge in [0.05, 0.1) is 0 Å². The van der Waals surface area contributed by atoms with Crippen LogP contribution in [0.1, 0.15) is 16.7 Å². The highest BCUT2D eigenvalue weighted by molar-refractivity contribution is 7.98. The van der Waals surface area contributed by atoms with Crippen molar-refractivity contribution in [3.63, 3.8) is 0 Å². The van der Waals surface area contributed by atoms with Crippen molar-refractivity contribution >= 4 is 11.8 Å². The van der Waals surface area contributed by atoms with Crippen molar-refractivity contribution in [2.24, 2.45) is 5.73 Å². The van der Waals surface area contributed by atoms with E-state index in [-0.39, 0.29) is 5.82 Å². The molecule has 0 aliphatic carbocycles. The molecule has 0 bridgehead atoms. The quantitative estimate of drug-likeness (QED) is 0.845. The third-order valence-electron chi connectivity index (χ3n) is 2.82. The molecule has 1 nitrogen and oxygen atoms in total. The first-order valence-electron chi connectivity index (χ1n) is 5.86. The Hall–Kier alpha value is -1.32. The number of hydrogen-bond donors (Lipinski definition) is 1. The van der Waals surface area contributed by atoms with Gasteiger partial charge in [0.15, 0.2) is 0 Å². The monoisotopic (exact) mass is 261 g/mol. The first-order chi connectivity index (χ1) is 8.70. The Morgan fingerprint density at radius 3 is 2.67 bits per heavy atom. The van der Waals surface area contributed by atoms with Gasteiger partial charge in [-0.05, 0) is 35.7 Å². The summed E-state index contributed by atoms with van der Waals surface area (Å²) in [4.78, 5) is 1.19. The molecule has 0 atom stereocenters. The molecule has 0 fully saturated rings. The van der Waals surface area contributed by atoms with Crippen LogP contribution in [0.3, 0.4) is 0 Å². The maximum atomic E-state index is 13.7. The summed E-state index contributed by atoms with van der Waals surface area (Å²) >= 11 is 1.65. The lowest BCUT2D eigenvalue weighted by Gasteiger charge is -2.07. The standard InChI is InChI=1S/C15H16FNS/c1-11-4-2-3-5-15(11)18-10-13-8-12(9-17)6-7-14(13)16/h2-8H,9-10,17H2,1H3. The Bertz CT molecular complexity index is 540. The number of rotatable bonds is 4. The molecule has 94 valence electrons. The Kier molecular flexibility index (Phi) is 4.39. The lowest BCUT2D eigenvalue weighted by atomic mass is 10.1. The van der Waals surface area contributed by atoms with Crippen molar-refractivity contribution in [2.45, 2.75) is 24.1 Å². The highest BCUT2D eigenvalue weighted by atomic mass is 32.2. The first kappa shape index (κ1) is 13.1. The van der Waals surface area contributed by atoms with E-state index in [1.54, 1.807) is 17.8 Å². The number of aryl methyl sites for hydroxylation is 1. The molecule has 0 aliphatic rings. The van der Waals surface area contributed by atoms with Gasteiger partial charge in [-0.25, -0.2) is 4.39 Å². The molecule has 2 aromatic rings. The zero-order valence-corrected chi connectivity index (χ0v) is 11.1. The summed E-state index contributed by atoms with van der Waals surface area (Å²) in [7, 11) is 0. The molecule has 0 unspecified atom stereocenters. The van der Waals surface area contributed by atoms with Gasteiger partial charge in [0.1, 0.15) is 5.82 Å². The lowest BCUT2D eigenvalue weighted by molar-refractivity contribution is 0.616. The highest BCUT2D eigenvalue weighted by Crippen LogP contribution is 2.27. The Balaban J connectivity index is 2.13. The molecule has 18 heavy (non-hydrogen) atoms. The Morgan fingerprint density at radius 1 is 1.17 bits per heavy atom. The maximum Gasteiger partial charge on any atom is 0.127 e. The molecular weight excluding hydrogens is 245 g/mol. The Morgan fingerprint density at radius 2 is 1.94 bits per heavy atom. The summed E-state index contributed by atoms with van der Waals surface area (Å²) in [5, 5.41) is 0. The summed E-state index contributed by atoms with van der Waals surface area (Å²) in [5.41, 5.74) is 8.47. The van der Waals surface area contributed by atoms with Crippen molar-refractivity contribution in [3.05, 3.63) is 65.0 Å². The Labute approximate surface area is 111 Å². The summed E-state index contributed by atoms with van der Waals surface area (Å²) in [6, 6.07) is 13.2. The lowest BCUT2D eigenvalue weighted by Crippen LogP contribution is -1.98. The van der Waals surface area contributed by atoms with Gasteiger partial charge in [-0.15, -0.1) is 11.8 Å². The number of nitrogens with two attached hydrogens (primary N) is 1. The van der Waals surface area contributed by atoms with E-state index >= 15 is 0 Å². The van der Waals surface area contributed by atoms with Crippen molar-refractivity contribution < 1.29 is 4.39 Å². The van der Waals surface area contributed by atoms with E-state index in [1.165, 1.54) is 16.5 Å². The van der Waals surface area contributed by atoms with Gasteiger partial charge in [0, 0.05) is 17.2 Å². The molecule has 3 heteroatoms. The largest absolute Gasteiger partial charge is 0.326 e. The second kappa shape index (κ2) is 6.03. The normalized spacial score (nSPS) is 10.6. The van der Waals surface area contributed by atoms with E-state index in [9.17, 15) is 4.39 Å². The zero-order valence-electron chi connectivity index (χ0n) is 10.3. The van der Waals surface area contributed by atoms with Crippen LogP contribution in [0.25, 0.3) is 0 Å². The third kappa shape index (κ3) is 3.12. The number of benzene rings is 2. The molecule has 2 rings (SSSR count). The molecule has 0 aromatic heterocycles. The SMILES string of the molecule is Cc1ccccc1SCc1cc(CN)ccc1F. The average Bonchev–Trinajstić information content (AvgIpc) is 2.39. The molecule has 0 radical (unpaired) electrons. The zero-order chi connectivity index (χ0) is 13.0. The predicted molar refractivity (Wildman–Crippen MR) is 75.0 cm³/mol. The van der Waals surface area contributed by atoms with E-state index in [0.717, 1.165) is 5.56 Å². The minimum atomic E-state index is -0.159. The molecule has 0 saturated carbocycles. The second-order valence-corrected chi connectivity index (χ2v) is 5.20. The van der Waals surface area contributed by atoms with Crippen LogP contribution in [0.4, 0.5) is 4.39 Å². The van der Waals surface area contributed by atoms with Crippen LogP contribution in [0.15, 0.2) is 47.4 Å².